The van der Waals surface area contributed by atoms with Crippen LogP contribution in [0.15, 0.2) is 28.9 Å². The number of nitrogens with one attached hydrogen (secondary N) is 1. The molecular formula is C17H21NO2. The van der Waals surface area contributed by atoms with E-state index in [1.807, 2.05) is 0 Å². The SMILES string of the molecule is CCc1ccc2c(CC(=O)NC3CCCC3)coc2c1. The third-order valence-electron chi connectivity index (χ3n) is 4.20. The number of hydrogen-bond donors (Lipinski definition) is 1. The standard InChI is InChI=1S/C17H21NO2/c1-2-12-7-8-15-13(11-20-16(15)9-12)10-17(19)18-14-5-3-4-6-14/h7-9,11,14H,2-6,10H2,1H3,(H,18,19). The third kappa shape index (κ3) is 2.72. The van der Waals surface area contributed by atoms with Gasteiger partial charge in [-0.15, -0.1) is 0 Å². The Bertz CT molecular complexity index is 608. The predicted octanol–water partition coefficient (Wildman–Crippen LogP) is 3.60. The van der Waals surface area contributed by atoms with E-state index in [4.69, 9.17) is 4.42 Å². The van der Waals surface area contributed by atoms with Crippen LogP contribution in [0.5, 0.6) is 0 Å². The van der Waals surface area contributed by atoms with Crippen LogP contribution in [0.3, 0.4) is 0 Å². The lowest BCUT2D eigenvalue weighted by Crippen LogP contribution is -2.33. The highest BCUT2D eigenvalue weighted by atomic mass is 16.3. The van der Waals surface area contributed by atoms with Gasteiger partial charge < -0.3 is 9.73 Å². The second kappa shape index (κ2) is 5.70. The summed E-state index contributed by atoms with van der Waals surface area (Å²) in [6.07, 6.45) is 7.84. The van der Waals surface area contributed by atoms with Crippen LogP contribution in [0.2, 0.25) is 0 Å². The number of fused-ring (bicyclic) bond motifs is 1. The summed E-state index contributed by atoms with van der Waals surface area (Å²) >= 11 is 0. The zero-order valence-corrected chi connectivity index (χ0v) is 11.9. The van der Waals surface area contributed by atoms with Gasteiger partial charge in [-0.2, -0.15) is 0 Å². The molecule has 1 fully saturated rings. The molecule has 0 saturated heterocycles. The average molecular weight is 271 g/mol. The average Bonchev–Trinajstić information content (AvgIpc) is 3.08. The molecular weight excluding hydrogens is 250 g/mol. The van der Waals surface area contributed by atoms with Crippen molar-refractivity contribution >= 4 is 16.9 Å². The van der Waals surface area contributed by atoms with E-state index in [1.54, 1.807) is 6.26 Å². The van der Waals surface area contributed by atoms with Crippen molar-refractivity contribution < 1.29 is 9.21 Å². The van der Waals surface area contributed by atoms with Gasteiger partial charge in [0.15, 0.2) is 0 Å². The monoisotopic (exact) mass is 271 g/mol. The van der Waals surface area contributed by atoms with Crippen LogP contribution in [-0.2, 0) is 17.6 Å². The minimum absolute atomic E-state index is 0.110. The van der Waals surface area contributed by atoms with Crippen LogP contribution < -0.4 is 5.32 Å². The smallest absolute Gasteiger partial charge is 0.224 e. The number of carbonyl (C=O) groups is 1. The molecule has 1 aromatic carbocycles. The molecule has 106 valence electrons. The Morgan fingerprint density at radius 1 is 1.35 bits per heavy atom. The van der Waals surface area contributed by atoms with Gasteiger partial charge in [0.2, 0.25) is 5.91 Å². The fourth-order valence-corrected chi connectivity index (χ4v) is 3.01. The topological polar surface area (TPSA) is 42.2 Å². The molecule has 0 radical (unpaired) electrons. The molecule has 1 amide bonds. The van der Waals surface area contributed by atoms with Crippen molar-refractivity contribution in [1.29, 1.82) is 0 Å². The fraction of sp³-hybridized carbons (Fsp3) is 0.471. The lowest BCUT2D eigenvalue weighted by molar-refractivity contribution is -0.121. The summed E-state index contributed by atoms with van der Waals surface area (Å²) in [5.41, 5.74) is 3.12. The van der Waals surface area contributed by atoms with E-state index in [-0.39, 0.29) is 5.91 Å². The molecule has 1 aliphatic rings. The first kappa shape index (κ1) is 13.2. The van der Waals surface area contributed by atoms with Gasteiger partial charge in [-0.25, -0.2) is 0 Å². The molecule has 1 N–H and O–H groups in total. The van der Waals surface area contributed by atoms with E-state index in [0.29, 0.717) is 12.5 Å². The molecule has 3 rings (SSSR count). The Balaban J connectivity index is 1.72. The van der Waals surface area contributed by atoms with E-state index in [1.165, 1.54) is 18.4 Å². The van der Waals surface area contributed by atoms with E-state index in [0.717, 1.165) is 35.8 Å². The van der Waals surface area contributed by atoms with E-state index in [2.05, 4.69) is 30.4 Å². The lowest BCUT2D eigenvalue weighted by Gasteiger charge is -2.11. The second-order valence-electron chi connectivity index (χ2n) is 5.67. The van der Waals surface area contributed by atoms with Gasteiger partial charge in [0.25, 0.3) is 0 Å². The Morgan fingerprint density at radius 3 is 2.90 bits per heavy atom. The van der Waals surface area contributed by atoms with Crippen molar-refractivity contribution in [2.24, 2.45) is 0 Å². The Labute approximate surface area is 119 Å². The summed E-state index contributed by atoms with van der Waals surface area (Å²) in [6, 6.07) is 6.62. The molecule has 0 bridgehead atoms. The molecule has 1 saturated carbocycles. The van der Waals surface area contributed by atoms with E-state index < -0.39 is 0 Å². The minimum atomic E-state index is 0.110. The molecule has 1 heterocycles. The molecule has 20 heavy (non-hydrogen) atoms. The highest BCUT2D eigenvalue weighted by Crippen LogP contribution is 2.23. The molecule has 0 spiro atoms. The van der Waals surface area contributed by atoms with Crippen LogP contribution in [0.25, 0.3) is 11.0 Å². The Morgan fingerprint density at radius 2 is 2.15 bits per heavy atom. The van der Waals surface area contributed by atoms with Gasteiger partial charge in [-0.3, -0.25) is 4.79 Å². The maximum absolute atomic E-state index is 12.1. The molecule has 3 heteroatoms. The van der Waals surface area contributed by atoms with E-state index >= 15 is 0 Å². The van der Waals surface area contributed by atoms with Gasteiger partial charge >= 0.3 is 0 Å². The normalized spacial score (nSPS) is 15.8. The number of carbonyl (C=O) groups excluding carboxylic acids is 1. The Kier molecular flexibility index (Phi) is 3.77. The first-order valence-corrected chi connectivity index (χ1v) is 7.54. The molecule has 0 aliphatic heterocycles. The van der Waals surface area contributed by atoms with Crippen LogP contribution >= 0.6 is 0 Å². The summed E-state index contributed by atoms with van der Waals surface area (Å²) in [6.45, 7) is 2.13. The van der Waals surface area contributed by atoms with Gasteiger partial charge in [-0.1, -0.05) is 31.9 Å². The number of benzene rings is 1. The van der Waals surface area contributed by atoms with Gasteiger partial charge in [0.05, 0.1) is 12.7 Å². The van der Waals surface area contributed by atoms with Crippen molar-refractivity contribution in [2.75, 3.05) is 0 Å². The van der Waals surface area contributed by atoms with Crippen LogP contribution in [0.1, 0.15) is 43.7 Å². The van der Waals surface area contributed by atoms with Crippen molar-refractivity contribution in [1.82, 2.24) is 5.32 Å². The first-order chi connectivity index (χ1) is 9.76. The van der Waals surface area contributed by atoms with E-state index in [9.17, 15) is 4.79 Å². The number of aryl methyl sites for hydroxylation is 1. The number of furan rings is 1. The Hall–Kier alpha value is -1.77. The summed E-state index contributed by atoms with van der Waals surface area (Å²) in [4.78, 5) is 12.1. The quantitative estimate of drug-likeness (QED) is 0.923. The first-order valence-electron chi connectivity index (χ1n) is 7.54. The predicted molar refractivity (Wildman–Crippen MR) is 79.7 cm³/mol. The van der Waals surface area contributed by atoms with Gasteiger partial charge in [-0.05, 0) is 30.9 Å². The fourth-order valence-electron chi connectivity index (χ4n) is 3.01. The van der Waals surface area contributed by atoms with Gasteiger partial charge in [0.1, 0.15) is 5.58 Å². The van der Waals surface area contributed by atoms with Crippen molar-refractivity contribution in [2.45, 2.75) is 51.5 Å². The van der Waals surface area contributed by atoms with Crippen LogP contribution in [0, 0.1) is 0 Å². The molecule has 0 unspecified atom stereocenters. The van der Waals surface area contributed by atoms with Crippen LogP contribution in [-0.4, -0.2) is 11.9 Å². The highest BCUT2D eigenvalue weighted by Gasteiger charge is 2.18. The highest BCUT2D eigenvalue weighted by molar-refractivity contribution is 5.88. The summed E-state index contributed by atoms with van der Waals surface area (Å²) in [5.74, 6) is 0.110. The van der Waals surface area contributed by atoms with Crippen LogP contribution in [0.4, 0.5) is 0 Å². The minimum Gasteiger partial charge on any atom is -0.464 e. The van der Waals surface area contributed by atoms with Crippen molar-refractivity contribution in [3.63, 3.8) is 0 Å². The maximum atomic E-state index is 12.1. The number of rotatable bonds is 4. The summed E-state index contributed by atoms with van der Waals surface area (Å²) < 4.78 is 5.58. The maximum Gasteiger partial charge on any atom is 0.224 e. The zero-order chi connectivity index (χ0) is 13.9. The van der Waals surface area contributed by atoms with Crippen molar-refractivity contribution in [3.05, 3.63) is 35.6 Å². The molecule has 3 nitrogen and oxygen atoms in total. The van der Waals surface area contributed by atoms with Gasteiger partial charge in [0, 0.05) is 17.0 Å². The number of amides is 1. The molecule has 1 aliphatic carbocycles. The number of hydrogen-bond acceptors (Lipinski definition) is 2. The lowest BCUT2D eigenvalue weighted by atomic mass is 10.1. The molecule has 2 aromatic rings. The molecule has 0 atom stereocenters. The molecule has 1 aromatic heterocycles. The third-order valence-corrected chi connectivity index (χ3v) is 4.20. The summed E-state index contributed by atoms with van der Waals surface area (Å²) in [7, 11) is 0. The second-order valence-corrected chi connectivity index (χ2v) is 5.67. The van der Waals surface area contributed by atoms with Crippen molar-refractivity contribution in [3.8, 4) is 0 Å². The zero-order valence-electron chi connectivity index (χ0n) is 11.9. The summed E-state index contributed by atoms with van der Waals surface area (Å²) in [5, 5.41) is 4.18. The largest absolute Gasteiger partial charge is 0.464 e.